The van der Waals surface area contributed by atoms with E-state index in [1.165, 1.54) is 0 Å². The van der Waals surface area contributed by atoms with Gasteiger partial charge in [-0.2, -0.15) is 0 Å². The number of carbonyl (C=O) groups is 2. The van der Waals surface area contributed by atoms with Gasteiger partial charge in [0.2, 0.25) is 0 Å². The predicted molar refractivity (Wildman–Crippen MR) is 102 cm³/mol. The van der Waals surface area contributed by atoms with Gasteiger partial charge in [-0.3, -0.25) is 9.59 Å². The van der Waals surface area contributed by atoms with Crippen molar-refractivity contribution in [3.05, 3.63) is 70.7 Å². The summed E-state index contributed by atoms with van der Waals surface area (Å²) in [6.07, 6.45) is 0.0142. The van der Waals surface area contributed by atoms with Crippen LogP contribution in [0, 0.1) is 0 Å². The Morgan fingerprint density at radius 2 is 1.80 bits per heavy atom. The van der Waals surface area contributed by atoms with Crippen LogP contribution in [0.3, 0.4) is 0 Å². The maximum absolute atomic E-state index is 12.3. The SMILES string of the molecule is C[C@@H](Oc1ccc2ccccc2c1C=O)C(=O)Nc1ccc(Br)cc1. The number of hydrogen-bond acceptors (Lipinski definition) is 3. The van der Waals surface area contributed by atoms with Crippen molar-refractivity contribution < 1.29 is 14.3 Å². The van der Waals surface area contributed by atoms with Crippen molar-refractivity contribution in [3.8, 4) is 5.75 Å². The van der Waals surface area contributed by atoms with Gasteiger partial charge in [-0.1, -0.05) is 46.3 Å². The van der Waals surface area contributed by atoms with Crippen molar-refractivity contribution in [1.29, 1.82) is 0 Å². The van der Waals surface area contributed by atoms with E-state index in [0.29, 0.717) is 17.0 Å². The van der Waals surface area contributed by atoms with Gasteiger partial charge in [0.15, 0.2) is 12.4 Å². The van der Waals surface area contributed by atoms with Gasteiger partial charge in [0, 0.05) is 10.2 Å². The van der Waals surface area contributed by atoms with Crippen molar-refractivity contribution >= 4 is 44.6 Å². The van der Waals surface area contributed by atoms with Crippen LogP contribution in [0.2, 0.25) is 0 Å². The zero-order chi connectivity index (χ0) is 17.8. The van der Waals surface area contributed by atoms with Gasteiger partial charge in [-0.25, -0.2) is 0 Å². The number of nitrogens with one attached hydrogen (secondary N) is 1. The molecular weight excluding hydrogens is 382 g/mol. The molecule has 0 saturated heterocycles. The third-order valence-electron chi connectivity index (χ3n) is 3.83. The fourth-order valence-electron chi connectivity index (χ4n) is 2.52. The Hall–Kier alpha value is -2.66. The molecule has 0 saturated carbocycles. The number of aldehydes is 1. The highest BCUT2D eigenvalue weighted by molar-refractivity contribution is 9.10. The molecule has 1 amide bonds. The average molecular weight is 398 g/mol. The second-order valence-corrected chi connectivity index (χ2v) is 6.49. The molecule has 5 heteroatoms. The van der Waals surface area contributed by atoms with Crippen molar-refractivity contribution in [2.75, 3.05) is 5.32 Å². The van der Waals surface area contributed by atoms with E-state index in [0.717, 1.165) is 21.5 Å². The van der Waals surface area contributed by atoms with E-state index in [-0.39, 0.29) is 5.91 Å². The van der Waals surface area contributed by atoms with E-state index in [4.69, 9.17) is 4.74 Å². The van der Waals surface area contributed by atoms with Crippen LogP contribution in [-0.2, 0) is 4.79 Å². The lowest BCUT2D eigenvalue weighted by Gasteiger charge is -2.17. The molecule has 0 aromatic heterocycles. The number of anilines is 1. The maximum atomic E-state index is 12.3. The first-order valence-electron chi connectivity index (χ1n) is 7.78. The molecule has 3 rings (SSSR count). The molecule has 1 N–H and O–H groups in total. The number of halogens is 1. The predicted octanol–water partition coefficient (Wildman–Crippen LogP) is 4.82. The molecular formula is C20H16BrNO3. The first kappa shape index (κ1) is 17.2. The van der Waals surface area contributed by atoms with Gasteiger partial charge < -0.3 is 10.1 Å². The van der Waals surface area contributed by atoms with Crippen LogP contribution < -0.4 is 10.1 Å². The molecule has 0 aliphatic carbocycles. The van der Waals surface area contributed by atoms with Crippen LogP contribution in [0.1, 0.15) is 17.3 Å². The van der Waals surface area contributed by atoms with Gasteiger partial charge in [0.25, 0.3) is 5.91 Å². The van der Waals surface area contributed by atoms with Gasteiger partial charge >= 0.3 is 0 Å². The Morgan fingerprint density at radius 1 is 1.08 bits per heavy atom. The van der Waals surface area contributed by atoms with Crippen molar-refractivity contribution in [3.63, 3.8) is 0 Å². The molecule has 3 aromatic carbocycles. The van der Waals surface area contributed by atoms with E-state index >= 15 is 0 Å². The second-order valence-electron chi connectivity index (χ2n) is 5.57. The van der Waals surface area contributed by atoms with Crippen LogP contribution >= 0.6 is 15.9 Å². The Bertz CT molecular complexity index is 922. The lowest BCUT2D eigenvalue weighted by atomic mass is 10.0. The minimum Gasteiger partial charge on any atom is -0.480 e. The van der Waals surface area contributed by atoms with Crippen LogP contribution in [-0.4, -0.2) is 18.3 Å². The summed E-state index contributed by atoms with van der Waals surface area (Å²) in [4.78, 5) is 23.9. The zero-order valence-electron chi connectivity index (χ0n) is 13.5. The van der Waals surface area contributed by atoms with Gasteiger partial charge in [-0.15, -0.1) is 0 Å². The highest BCUT2D eigenvalue weighted by Crippen LogP contribution is 2.27. The number of fused-ring (bicyclic) bond motifs is 1. The fraction of sp³-hybridized carbons (Fsp3) is 0.100. The summed E-state index contributed by atoms with van der Waals surface area (Å²) < 4.78 is 6.68. The highest BCUT2D eigenvalue weighted by atomic mass is 79.9. The molecule has 0 fully saturated rings. The Labute approximate surface area is 153 Å². The Morgan fingerprint density at radius 3 is 2.52 bits per heavy atom. The molecule has 0 radical (unpaired) electrons. The van der Waals surface area contributed by atoms with Gasteiger partial charge in [0.05, 0.1) is 5.56 Å². The number of ether oxygens (including phenoxy) is 1. The minimum absolute atomic E-state index is 0.285. The molecule has 0 aliphatic rings. The van der Waals surface area contributed by atoms with E-state index in [9.17, 15) is 9.59 Å². The Kier molecular flexibility index (Phi) is 5.14. The highest BCUT2D eigenvalue weighted by Gasteiger charge is 2.17. The van der Waals surface area contributed by atoms with Crippen molar-refractivity contribution in [2.45, 2.75) is 13.0 Å². The summed E-state index contributed by atoms with van der Waals surface area (Å²) >= 11 is 3.35. The lowest BCUT2D eigenvalue weighted by Crippen LogP contribution is -2.30. The van der Waals surface area contributed by atoms with E-state index < -0.39 is 6.10 Å². The third-order valence-corrected chi connectivity index (χ3v) is 4.36. The van der Waals surface area contributed by atoms with E-state index in [1.807, 2.05) is 42.5 Å². The molecule has 126 valence electrons. The van der Waals surface area contributed by atoms with Crippen LogP contribution in [0.25, 0.3) is 10.8 Å². The summed E-state index contributed by atoms with van der Waals surface area (Å²) in [5.74, 6) is 0.111. The number of carbonyl (C=O) groups excluding carboxylic acids is 2. The van der Waals surface area contributed by atoms with Crippen LogP contribution in [0.15, 0.2) is 65.1 Å². The summed E-state index contributed by atoms with van der Waals surface area (Å²) in [7, 11) is 0. The summed E-state index contributed by atoms with van der Waals surface area (Å²) in [6, 6.07) is 18.4. The second kappa shape index (κ2) is 7.49. The Balaban J connectivity index is 1.79. The quantitative estimate of drug-likeness (QED) is 0.627. The minimum atomic E-state index is -0.747. The monoisotopic (exact) mass is 397 g/mol. The molecule has 1 atom stereocenters. The molecule has 0 unspecified atom stereocenters. The van der Waals surface area contributed by atoms with Crippen LogP contribution in [0.4, 0.5) is 5.69 Å². The average Bonchev–Trinajstić information content (AvgIpc) is 2.63. The van der Waals surface area contributed by atoms with Crippen molar-refractivity contribution in [2.24, 2.45) is 0 Å². The number of amides is 1. The number of rotatable bonds is 5. The molecule has 0 bridgehead atoms. The molecule has 3 aromatic rings. The molecule has 0 spiro atoms. The molecule has 0 heterocycles. The normalized spacial score (nSPS) is 11.8. The summed E-state index contributed by atoms with van der Waals surface area (Å²) in [6.45, 7) is 1.65. The lowest BCUT2D eigenvalue weighted by molar-refractivity contribution is -0.122. The standard InChI is InChI=1S/C20H16BrNO3/c1-13(20(24)22-16-9-7-15(21)8-10-16)25-19-11-6-14-4-2-3-5-17(14)18(19)12-23/h2-13H,1H3,(H,22,24)/t13-/m1/s1. The number of benzene rings is 3. The molecule has 4 nitrogen and oxygen atoms in total. The van der Waals surface area contributed by atoms with Crippen molar-refractivity contribution in [1.82, 2.24) is 0 Å². The first-order valence-corrected chi connectivity index (χ1v) is 8.58. The van der Waals surface area contributed by atoms with E-state index in [1.54, 1.807) is 25.1 Å². The number of hydrogen-bond donors (Lipinski definition) is 1. The fourth-order valence-corrected chi connectivity index (χ4v) is 2.79. The smallest absolute Gasteiger partial charge is 0.265 e. The third kappa shape index (κ3) is 3.88. The topological polar surface area (TPSA) is 55.4 Å². The van der Waals surface area contributed by atoms with Gasteiger partial charge in [-0.05, 0) is 48.0 Å². The first-order chi connectivity index (χ1) is 12.1. The van der Waals surface area contributed by atoms with Gasteiger partial charge in [0.1, 0.15) is 5.75 Å². The summed E-state index contributed by atoms with van der Waals surface area (Å²) in [5.41, 5.74) is 1.12. The van der Waals surface area contributed by atoms with Crippen LogP contribution in [0.5, 0.6) is 5.75 Å². The molecule has 0 aliphatic heterocycles. The largest absolute Gasteiger partial charge is 0.480 e. The van der Waals surface area contributed by atoms with E-state index in [2.05, 4.69) is 21.2 Å². The molecule has 25 heavy (non-hydrogen) atoms. The maximum Gasteiger partial charge on any atom is 0.265 e. The zero-order valence-corrected chi connectivity index (χ0v) is 15.1. The summed E-state index contributed by atoms with van der Waals surface area (Å²) in [5, 5.41) is 4.54.